The highest BCUT2D eigenvalue weighted by Gasteiger charge is 2.31. The van der Waals surface area contributed by atoms with E-state index in [1.54, 1.807) is 0 Å². The van der Waals surface area contributed by atoms with Crippen LogP contribution in [0.3, 0.4) is 0 Å². The SMILES string of the molecule is F[B-](F)(F)c1cccc(SC(F)(F)F)c1. The lowest BCUT2D eigenvalue weighted by atomic mass is 9.80. The predicted molar refractivity (Wildman–Crippen MR) is 47.1 cm³/mol. The summed E-state index contributed by atoms with van der Waals surface area (Å²) in [6.45, 7) is -5.25. The fraction of sp³-hybridized carbons (Fsp3) is 0.143. The van der Waals surface area contributed by atoms with Gasteiger partial charge in [0.25, 0.3) is 0 Å². The highest BCUT2D eigenvalue weighted by atomic mass is 32.2. The zero-order valence-corrected chi connectivity index (χ0v) is 7.88. The third-order valence-corrected chi connectivity index (χ3v) is 2.19. The Morgan fingerprint density at radius 1 is 1.07 bits per heavy atom. The van der Waals surface area contributed by atoms with Gasteiger partial charge in [0.2, 0.25) is 0 Å². The molecule has 0 aromatic heterocycles. The van der Waals surface area contributed by atoms with Crippen LogP contribution in [0.2, 0.25) is 0 Å². The molecule has 0 fully saturated rings. The lowest BCUT2D eigenvalue weighted by molar-refractivity contribution is -0.0328. The second-order valence-corrected chi connectivity index (χ2v) is 3.83. The summed E-state index contributed by atoms with van der Waals surface area (Å²) in [4.78, 5) is -0.459. The first-order chi connectivity index (χ1) is 6.68. The number of hydrogen-bond donors (Lipinski definition) is 0. The molecular formula is C7H4BF6S-. The summed E-state index contributed by atoms with van der Waals surface area (Å²) >= 11 is -0.559. The summed E-state index contributed by atoms with van der Waals surface area (Å²) in [6.07, 6.45) is 0. The van der Waals surface area contributed by atoms with E-state index in [1.165, 1.54) is 0 Å². The number of rotatable bonds is 2. The average molecular weight is 245 g/mol. The van der Waals surface area contributed by atoms with Crippen LogP contribution >= 0.6 is 11.8 Å². The fourth-order valence-corrected chi connectivity index (χ4v) is 1.52. The summed E-state index contributed by atoms with van der Waals surface area (Å²) in [6, 6.07) is 3.20. The smallest absolute Gasteiger partial charge is 0.445 e. The Balaban J connectivity index is 2.94. The van der Waals surface area contributed by atoms with Crippen molar-refractivity contribution < 1.29 is 26.1 Å². The first-order valence-corrected chi connectivity index (χ1v) is 4.56. The third-order valence-electron chi connectivity index (χ3n) is 1.47. The zero-order chi connectivity index (χ0) is 11.7. The minimum Gasteiger partial charge on any atom is -0.445 e. The van der Waals surface area contributed by atoms with Crippen LogP contribution in [0.4, 0.5) is 26.1 Å². The maximum atomic E-state index is 12.2. The van der Waals surface area contributed by atoms with Crippen LogP contribution in [-0.4, -0.2) is 12.5 Å². The molecule has 0 bridgehead atoms. The lowest BCUT2D eigenvalue weighted by Crippen LogP contribution is -2.33. The van der Waals surface area contributed by atoms with Crippen molar-refractivity contribution in [3.8, 4) is 0 Å². The number of hydrogen-bond acceptors (Lipinski definition) is 1. The molecule has 0 heterocycles. The van der Waals surface area contributed by atoms with Gasteiger partial charge in [-0.2, -0.15) is 13.2 Å². The number of benzene rings is 1. The minimum atomic E-state index is -5.25. The largest absolute Gasteiger partial charge is 0.509 e. The van der Waals surface area contributed by atoms with Crippen molar-refractivity contribution >= 4 is 24.2 Å². The van der Waals surface area contributed by atoms with Gasteiger partial charge in [0, 0.05) is 4.90 Å². The van der Waals surface area contributed by atoms with Gasteiger partial charge in [0.15, 0.2) is 0 Å². The van der Waals surface area contributed by atoms with E-state index in [0.29, 0.717) is 6.07 Å². The second-order valence-electron chi connectivity index (χ2n) is 2.70. The predicted octanol–water partition coefficient (Wildman–Crippen LogP) is 3.35. The van der Waals surface area contributed by atoms with Crippen molar-refractivity contribution in [2.24, 2.45) is 0 Å². The first-order valence-electron chi connectivity index (χ1n) is 3.74. The molecule has 0 N–H and O–H groups in total. The van der Waals surface area contributed by atoms with Gasteiger partial charge in [-0.15, -0.1) is 5.46 Å². The Labute approximate surface area is 85.7 Å². The molecule has 0 nitrogen and oxygen atoms in total. The molecular weight excluding hydrogens is 241 g/mol. The molecule has 1 rings (SSSR count). The van der Waals surface area contributed by atoms with Gasteiger partial charge < -0.3 is 12.9 Å². The third kappa shape index (κ3) is 4.07. The van der Waals surface area contributed by atoms with Gasteiger partial charge in [-0.05, 0) is 17.8 Å². The Morgan fingerprint density at radius 3 is 2.13 bits per heavy atom. The molecule has 0 aliphatic rings. The van der Waals surface area contributed by atoms with Crippen LogP contribution < -0.4 is 5.46 Å². The van der Waals surface area contributed by atoms with Crippen molar-refractivity contribution in [3.63, 3.8) is 0 Å². The lowest BCUT2D eigenvalue weighted by Gasteiger charge is -2.15. The number of halogens is 6. The summed E-state index contributed by atoms with van der Waals surface area (Å²) in [7, 11) is 0. The molecule has 1 aromatic carbocycles. The summed E-state index contributed by atoms with van der Waals surface area (Å²) < 4.78 is 72.1. The highest BCUT2D eigenvalue weighted by Crippen LogP contribution is 2.36. The van der Waals surface area contributed by atoms with Crippen LogP contribution in [0.5, 0.6) is 0 Å². The molecule has 0 saturated heterocycles. The van der Waals surface area contributed by atoms with Gasteiger partial charge in [-0.3, -0.25) is 0 Å². The Bertz CT molecular complexity index is 344. The van der Waals surface area contributed by atoms with E-state index in [-0.39, 0.29) is 0 Å². The molecule has 0 aliphatic carbocycles. The minimum absolute atomic E-state index is 0.459. The van der Waals surface area contributed by atoms with E-state index in [1.807, 2.05) is 0 Å². The maximum Gasteiger partial charge on any atom is 0.509 e. The average Bonchev–Trinajstić information content (AvgIpc) is 1.99. The van der Waals surface area contributed by atoms with Gasteiger partial charge in [0.05, 0.1) is 0 Å². The molecule has 1 aromatic rings. The molecule has 0 aliphatic heterocycles. The van der Waals surface area contributed by atoms with Crippen molar-refractivity contribution in [3.05, 3.63) is 24.3 Å². The molecule has 0 radical (unpaired) electrons. The molecule has 84 valence electrons. The number of thioether (sulfide) groups is 1. The van der Waals surface area contributed by atoms with E-state index in [2.05, 4.69) is 0 Å². The Hall–Kier alpha value is -0.785. The Morgan fingerprint density at radius 2 is 1.67 bits per heavy atom. The van der Waals surface area contributed by atoms with E-state index in [9.17, 15) is 26.1 Å². The normalized spacial score (nSPS) is 12.9. The topological polar surface area (TPSA) is 0 Å². The van der Waals surface area contributed by atoms with E-state index < -0.39 is 34.6 Å². The molecule has 8 heteroatoms. The van der Waals surface area contributed by atoms with Crippen molar-refractivity contribution in [2.45, 2.75) is 10.4 Å². The van der Waals surface area contributed by atoms with Gasteiger partial charge in [-0.1, -0.05) is 18.2 Å². The molecule has 0 spiro atoms. The maximum absolute atomic E-state index is 12.2. The summed E-state index contributed by atoms with van der Waals surface area (Å²) in [5, 5.41) is 0. The highest BCUT2D eigenvalue weighted by molar-refractivity contribution is 8.00. The fourth-order valence-electron chi connectivity index (χ4n) is 0.915. The molecule has 15 heavy (non-hydrogen) atoms. The van der Waals surface area contributed by atoms with Crippen LogP contribution in [0, 0.1) is 0 Å². The van der Waals surface area contributed by atoms with Gasteiger partial charge >= 0.3 is 12.5 Å². The van der Waals surface area contributed by atoms with Crippen LogP contribution in [-0.2, 0) is 0 Å². The van der Waals surface area contributed by atoms with Crippen molar-refractivity contribution in [1.29, 1.82) is 0 Å². The number of alkyl halides is 3. The van der Waals surface area contributed by atoms with Crippen LogP contribution in [0.15, 0.2) is 29.2 Å². The van der Waals surface area contributed by atoms with Crippen LogP contribution in [0.1, 0.15) is 0 Å². The standard InChI is InChI=1S/C7H4BF6S/c9-7(10,11)15-6-3-1-2-5(4-6)8(12,13)14/h1-4H/q-1. The zero-order valence-electron chi connectivity index (χ0n) is 7.06. The van der Waals surface area contributed by atoms with E-state index in [0.717, 1.165) is 18.2 Å². The van der Waals surface area contributed by atoms with E-state index >= 15 is 0 Å². The second kappa shape index (κ2) is 4.00. The van der Waals surface area contributed by atoms with Gasteiger partial charge in [-0.25, -0.2) is 0 Å². The Kier molecular flexibility index (Phi) is 3.27. The summed E-state index contributed by atoms with van der Waals surface area (Å²) in [5.41, 5.74) is -5.60. The van der Waals surface area contributed by atoms with Crippen LogP contribution in [0.25, 0.3) is 0 Å². The monoisotopic (exact) mass is 245 g/mol. The van der Waals surface area contributed by atoms with E-state index in [4.69, 9.17) is 0 Å². The molecule has 0 saturated carbocycles. The van der Waals surface area contributed by atoms with Gasteiger partial charge in [0.1, 0.15) is 0 Å². The first kappa shape index (κ1) is 12.3. The quantitative estimate of drug-likeness (QED) is 0.437. The molecule has 0 unspecified atom stereocenters. The summed E-state index contributed by atoms with van der Waals surface area (Å²) in [5.74, 6) is 0. The van der Waals surface area contributed by atoms with Crippen molar-refractivity contribution in [2.75, 3.05) is 0 Å². The molecule has 0 amide bonds. The van der Waals surface area contributed by atoms with Crippen molar-refractivity contribution in [1.82, 2.24) is 0 Å². The molecule has 0 atom stereocenters.